The second-order valence-corrected chi connectivity index (χ2v) is 5.60. The average molecular weight is 353 g/mol. The normalized spacial score (nSPS) is 11.6. The van der Waals surface area contributed by atoms with Gasteiger partial charge in [-0.05, 0) is 23.8 Å². The predicted molar refractivity (Wildman–Crippen MR) is 90.1 cm³/mol. The van der Waals surface area contributed by atoms with Crippen molar-refractivity contribution in [3.05, 3.63) is 64.1 Å². The van der Waals surface area contributed by atoms with Crippen LogP contribution in [-0.4, -0.2) is 17.1 Å². The molecule has 3 N–H and O–H groups in total. The molecule has 0 bridgehead atoms. The maximum absolute atomic E-state index is 12.1. The van der Waals surface area contributed by atoms with Gasteiger partial charge in [0.2, 0.25) is 0 Å². The molecule has 0 radical (unpaired) electrons. The van der Waals surface area contributed by atoms with Gasteiger partial charge in [-0.1, -0.05) is 53.5 Å². The molecule has 2 rings (SSSR count). The van der Waals surface area contributed by atoms with E-state index < -0.39 is 18.0 Å². The van der Waals surface area contributed by atoms with E-state index in [1.54, 1.807) is 36.4 Å². The van der Waals surface area contributed by atoms with Gasteiger partial charge >= 0.3 is 12.0 Å². The third-order valence-electron chi connectivity index (χ3n) is 3.06. The number of carbonyl (C=O) groups excluding carboxylic acids is 1. The largest absolute Gasteiger partial charge is 0.481 e. The number of hydrogen-bond acceptors (Lipinski definition) is 2. The van der Waals surface area contributed by atoms with Gasteiger partial charge in [-0.15, -0.1) is 0 Å². The fraction of sp³-hybridized carbons (Fsp3) is 0.125. The minimum atomic E-state index is -1.01. The molecule has 1 unspecified atom stereocenters. The summed E-state index contributed by atoms with van der Waals surface area (Å²) in [6.07, 6.45) is -0.223. The molecule has 0 heterocycles. The topological polar surface area (TPSA) is 78.4 Å². The summed E-state index contributed by atoms with van der Waals surface area (Å²) >= 11 is 11.7. The highest BCUT2D eigenvalue weighted by atomic mass is 35.5. The Balaban J connectivity index is 2.08. The van der Waals surface area contributed by atoms with Gasteiger partial charge < -0.3 is 15.7 Å². The number of carboxylic acids is 1. The lowest BCUT2D eigenvalue weighted by molar-refractivity contribution is -0.137. The first-order valence-corrected chi connectivity index (χ1v) is 7.50. The van der Waals surface area contributed by atoms with Gasteiger partial charge in [0.1, 0.15) is 0 Å². The van der Waals surface area contributed by atoms with E-state index in [0.717, 1.165) is 0 Å². The summed E-state index contributed by atoms with van der Waals surface area (Å²) in [4.78, 5) is 23.1. The number of urea groups is 1. The summed E-state index contributed by atoms with van der Waals surface area (Å²) in [5.41, 5.74) is 1.17. The molecular weight excluding hydrogens is 339 g/mol. The molecule has 0 aliphatic heterocycles. The van der Waals surface area contributed by atoms with E-state index in [1.165, 1.54) is 6.07 Å². The van der Waals surface area contributed by atoms with E-state index in [0.29, 0.717) is 21.3 Å². The third kappa shape index (κ3) is 5.16. The number of carboxylic acid groups (broad SMARTS) is 1. The Labute approximate surface area is 143 Å². The van der Waals surface area contributed by atoms with Crippen molar-refractivity contribution >= 4 is 40.9 Å². The quantitative estimate of drug-likeness (QED) is 0.749. The Morgan fingerprint density at radius 3 is 2.35 bits per heavy atom. The van der Waals surface area contributed by atoms with Gasteiger partial charge in [0.05, 0.1) is 22.5 Å². The van der Waals surface area contributed by atoms with E-state index in [1.807, 2.05) is 6.07 Å². The van der Waals surface area contributed by atoms with Crippen LogP contribution < -0.4 is 10.6 Å². The number of halogens is 2. The Hall–Kier alpha value is -2.24. The first-order chi connectivity index (χ1) is 11.0. The molecule has 120 valence electrons. The molecule has 23 heavy (non-hydrogen) atoms. The van der Waals surface area contributed by atoms with Gasteiger partial charge in [0.25, 0.3) is 0 Å². The average Bonchev–Trinajstić information content (AvgIpc) is 2.51. The van der Waals surface area contributed by atoms with Crippen molar-refractivity contribution in [3.8, 4) is 0 Å². The number of amides is 2. The van der Waals surface area contributed by atoms with E-state index in [-0.39, 0.29) is 6.42 Å². The van der Waals surface area contributed by atoms with E-state index in [4.69, 9.17) is 28.3 Å². The van der Waals surface area contributed by atoms with Gasteiger partial charge in [-0.25, -0.2) is 4.79 Å². The Bertz CT molecular complexity index is 708. The highest BCUT2D eigenvalue weighted by Crippen LogP contribution is 2.25. The van der Waals surface area contributed by atoms with Crippen LogP contribution in [0.2, 0.25) is 10.0 Å². The standard InChI is InChI=1S/C16H14Cl2N2O3/c17-12-7-6-11(8-13(12)18)19-16(23)20-14(9-15(21)22)10-4-2-1-3-5-10/h1-8,14H,9H2,(H,21,22)(H2,19,20,23). The molecular formula is C16H14Cl2N2O3. The molecule has 0 aromatic heterocycles. The summed E-state index contributed by atoms with van der Waals surface area (Å²) in [5.74, 6) is -1.01. The lowest BCUT2D eigenvalue weighted by Gasteiger charge is -2.18. The number of rotatable bonds is 5. The molecule has 0 saturated carbocycles. The zero-order valence-electron chi connectivity index (χ0n) is 11.9. The minimum Gasteiger partial charge on any atom is -0.481 e. The molecule has 5 nitrogen and oxygen atoms in total. The van der Waals surface area contributed by atoms with Crippen LogP contribution in [0.25, 0.3) is 0 Å². The van der Waals surface area contributed by atoms with E-state index in [9.17, 15) is 9.59 Å². The first kappa shape index (κ1) is 17.1. The highest BCUT2D eigenvalue weighted by molar-refractivity contribution is 6.42. The third-order valence-corrected chi connectivity index (χ3v) is 3.80. The number of benzene rings is 2. The number of hydrogen-bond donors (Lipinski definition) is 3. The van der Waals surface area contributed by atoms with Crippen molar-refractivity contribution in [1.29, 1.82) is 0 Å². The van der Waals surface area contributed by atoms with Gasteiger partial charge in [0, 0.05) is 5.69 Å². The number of anilines is 1. The van der Waals surface area contributed by atoms with Crippen molar-refractivity contribution in [2.45, 2.75) is 12.5 Å². The van der Waals surface area contributed by atoms with Gasteiger partial charge in [-0.3, -0.25) is 4.79 Å². The molecule has 0 spiro atoms. The highest BCUT2D eigenvalue weighted by Gasteiger charge is 2.18. The molecule has 0 aliphatic rings. The SMILES string of the molecule is O=C(O)CC(NC(=O)Nc1ccc(Cl)c(Cl)c1)c1ccccc1. The van der Waals surface area contributed by atoms with E-state index >= 15 is 0 Å². The minimum absolute atomic E-state index is 0.223. The van der Waals surface area contributed by atoms with Crippen LogP contribution in [0.1, 0.15) is 18.0 Å². The number of nitrogens with one attached hydrogen (secondary N) is 2. The summed E-state index contributed by atoms with van der Waals surface area (Å²) in [6.45, 7) is 0. The van der Waals surface area contributed by atoms with Crippen molar-refractivity contribution in [2.24, 2.45) is 0 Å². The maximum Gasteiger partial charge on any atom is 0.319 e. The Morgan fingerprint density at radius 1 is 1.04 bits per heavy atom. The van der Waals surface area contributed by atoms with Crippen LogP contribution in [0.4, 0.5) is 10.5 Å². The maximum atomic E-state index is 12.1. The van der Waals surface area contributed by atoms with Crippen LogP contribution in [0.5, 0.6) is 0 Å². The second-order valence-electron chi connectivity index (χ2n) is 4.79. The van der Waals surface area contributed by atoms with Crippen molar-refractivity contribution in [1.82, 2.24) is 5.32 Å². The van der Waals surface area contributed by atoms with Crippen LogP contribution in [0.3, 0.4) is 0 Å². The molecule has 2 amide bonds. The van der Waals surface area contributed by atoms with Gasteiger partial charge in [-0.2, -0.15) is 0 Å². The Morgan fingerprint density at radius 2 is 1.74 bits per heavy atom. The van der Waals surface area contributed by atoms with Crippen LogP contribution in [0, 0.1) is 0 Å². The molecule has 7 heteroatoms. The fourth-order valence-electron chi connectivity index (χ4n) is 2.01. The molecule has 0 aliphatic carbocycles. The summed E-state index contributed by atoms with van der Waals surface area (Å²) in [7, 11) is 0. The summed E-state index contributed by atoms with van der Waals surface area (Å²) < 4.78 is 0. The van der Waals surface area contributed by atoms with Crippen LogP contribution in [-0.2, 0) is 4.79 Å². The zero-order valence-corrected chi connectivity index (χ0v) is 13.4. The van der Waals surface area contributed by atoms with Crippen molar-refractivity contribution < 1.29 is 14.7 Å². The summed E-state index contributed by atoms with van der Waals surface area (Å²) in [6, 6.07) is 12.4. The van der Waals surface area contributed by atoms with Crippen molar-refractivity contribution in [3.63, 3.8) is 0 Å². The molecule has 1 atom stereocenters. The molecule has 0 saturated heterocycles. The smallest absolute Gasteiger partial charge is 0.319 e. The summed E-state index contributed by atoms with van der Waals surface area (Å²) in [5, 5.41) is 14.9. The fourth-order valence-corrected chi connectivity index (χ4v) is 2.31. The predicted octanol–water partition coefficient (Wildman–Crippen LogP) is 4.33. The first-order valence-electron chi connectivity index (χ1n) is 6.75. The lowest BCUT2D eigenvalue weighted by atomic mass is 10.0. The zero-order chi connectivity index (χ0) is 16.8. The monoisotopic (exact) mass is 352 g/mol. The van der Waals surface area contributed by atoms with Gasteiger partial charge in [0.15, 0.2) is 0 Å². The van der Waals surface area contributed by atoms with Crippen molar-refractivity contribution in [2.75, 3.05) is 5.32 Å². The van der Waals surface area contributed by atoms with Crippen LogP contribution >= 0.6 is 23.2 Å². The molecule has 0 fully saturated rings. The lowest BCUT2D eigenvalue weighted by Crippen LogP contribution is -2.33. The number of aliphatic carboxylic acids is 1. The van der Waals surface area contributed by atoms with Crippen LogP contribution in [0.15, 0.2) is 48.5 Å². The Kier molecular flexibility index (Phi) is 5.84. The molecule has 2 aromatic carbocycles. The number of carbonyl (C=O) groups is 2. The van der Waals surface area contributed by atoms with E-state index in [2.05, 4.69) is 10.6 Å². The molecule has 2 aromatic rings. The second kappa shape index (κ2) is 7.85.